The average molecular weight is 279 g/mol. The Labute approximate surface area is 113 Å². The quantitative estimate of drug-likeness (QED) is 0.907. The number of ether oxygens (including phenoxy) is 1. The number of benzene rings is 1. The van der Waals surface area contributed by atoms with Gasteiger partial charge in [0.1, 0.15) is 18.6 Å². The Bertz CT molecular complexity index is 564. The maximum atomic E-state index is 13.5. The molecule has 0 atom stereocenters. The van der Waals surface area contributed by atoms with Crippen LogP contribution < -0.4 is 10.1 Å². The average Bonchev–Trinajstić information content (AvgIpc) is 2.46. The van der Waals surface area contributed by atoms with Crippen molar-refractivity contribution in [2.24, 2.45) is 0 Å². The molecule has 0 bridgehead atoms. The van der Waals surface area contributed by atoms with Crippen molar-refractivity contribution in [2.45, 2.75) is 6.11 Å². The lowest BCUT2D eigenvalue weighted by Crippen LogP contribution is -2.40. The van der Waals surface area contributed by atoms with Crippen molar-refractivity contribution >= 4 is 5.91 Å². The predicted octanol–water partition coefficient (Wildman–Crippen LogP) is 1.88. The number of para-hydroxylation sites is 1. The van der Waals surface area contributed by atoms with Crippen LogP contribution in [0.2, 0.25) is 0 Å². The normalized spacial score (nSPS) is 10.9. The number of nitrogens with one attached hydrogen (secondary N) is 1. The topological polar surface area (TPSA) is 64.1 Å². The highest BCUT2D eigenvalue weighted by molar-refractivity contribution is 5.93. The summed E-state index contributed by atoms with van der Waals surface area (Å²) in [6.45, 7) is -0.949. The summed E-state index contributed by atoms with van der Waals surface area (Å²) < 4.78 is 31.5. The third kappa shape index (κ3) is 3.98. The van der Waals surface area contributed by atoms with E-state index in [1.54, 1.807) is 18.2 Å². The molecule has 0 saturated carbocycles. The summed E-state index contributed by atoms with van der Waals surface area (Å²) in [5.74, 6) is -0.670. The molecule has 1 aromatic carbocycles. The standard InChI is InChI=1S/C13H11F2N3O2/c14-13(15,20-11-4-2-1-3-5-11)8-18-12(19)10-6-16-9-17-7-10/h1-7,9H,8H2,(H,18,19). The maximum absolute atomic E-state index is 13.5. The Kier molecular flexibility index (Phi) is 4.19. The first-order chi connectivity index (χ1) is 9.57. The summed E-state index contributed by atoms with van der Waals surface area (Å²) in [6.07, 6.45) is 0.202. The second-order valence-corrected chi connectivity index (χ2v) is 3.86. The van der Waals surface area contributed by atoms with Crippen LogP contribution >= 0.6 is 0 Å². The number of amides is 1. The summed E-state index contributed by atoms with van der Waals surface area (Å²) in [7, 11) is 0. The Hall–Kier alpha value is -2.57. The molecule has 7 heteroatoms. The zero-order chi connectivity index (χ0) is 14.4. The Morgan fingerprint density at radius 3 is 2.50 bits per heavy atom. The van der Waals surface area contributed by atoms with Crippen molar-refractivity contribution in [2.75, 3.05) is 6.54 Å². The minimum absolute atomic E-state index is 0.0230. The van der Waals surface area contributed by atoms with Crippen LogP contribution in [0.25, 0.3) is 0 Å². The molecule has 20 heavy (non-hydrogen) atoms. The summed E-state index contributed by atoms with van der Waals surface area (Å²) in [4.78, 5) is 18.8. The molecule has 1 heterocycles. The molecule has 0 aliphatic heterocycles. The molecule has 2 rings (SSSR count). The fraction of sp³-hybridized carbons (Fsp3) is 0.154. The lowest BCUT2D eigenvalue weighted by Gasteiger charge is -2.18. The third-order valence-electron chi connectivity index (χ3n) is 2.29. The summed E-state index contributed by atoms with van der Waals surface area (Å²) in [6, 6.07) is 7.64. The second-order valence-electron chi connectivity index (χ2n) is 3.86. The first-order valence-electron chi connectivity index (χ1n) is 5.72. The minimum Gasteiger partial charge on any atom is -0.431 e. The summed E-state index contributed by atoms with van der Waals surface area (Å²) in [5, 5.41) is 2.07. The number of carbonyl (C=O) groups excluding carboxylic acids is 1. The van der Waals surface area contributed by atoms with Gasteiger partial charge in [0.15, 0.2) is 0 Å². The zero-order valence-electron chi connectivity index (χ0n) is 10.3. The lowest BCUT2D eigenvalue weighted by molar-refractivity contribution is -0.169. The molecule has 0 spiro atoms. The first-order valence-corrected chi connectivity index (χ1v) is 5.72. The number of hydrogen-bond donors (Lipinski definition) is 1. The highest BCUT2D eigenvalue weighted by Crippen LogP contribution is 2.20. The van der Waals surface area contributed by atoms with Gasteiger partial charge < -0.3 is 10.1 Å². The maximum Gasteiger partial charge on any atom is 0.415 e. The molecule has 1 N–H and O–H groups in total. The summed E-state index contributed by atoms with van der Waals surface area (Å²) >= 11 is 0. The fourth-order valence-corrected chi connectivity index (χ4v) is 1.40. The second kappa shape index (κ2) is 6.05. The predicted molar refractivity (Wildman–Crippen MR) is 66.4 cm³/mol. The van der Waals surface area contributed by atoms with E-state index >= 15 is 0 Å². The van der Waals surface area contributed by atoms with Crippen LogP contribution in [0.4, 0.5) is 8.78 Å². The van der Waals surface area contributed by atoms with E-state index in [0.717, 1.165) is 0 Å². The van der Waals surface area contributed by atoms with Crippen molar-refractivity contribution in [1.29, 1.82) is 0 Å². The van der Waals surface area contributed by atoms with E-state index in [1.807, 2.05) is 0 Å². The molecule has 0 radical (unpaired) electrons. The van der Waals surface area contributed by atoms with Gasteiger partial charge in [-0.3, -0.25) is 4.79 Å². The van der Waals surface area contributed by atoms with Gasteiger partial charge >= 0.3 is 6.11 Å². The zero-order valence-corrected chi connectivity index (χ0v) is 10.3. The number of alkyl halides is 2. The Balaban J connectivity index is 1.91. The highest BCUT2D eigenvalue weighted by atomic mass is 19.3. The van der Waals surface area contributed by atoms with Crippen LogP contribution in [0.5, 0.6) is 5.75 Å². The Morgan fingerprint density at radius 2 is 1.85 bits per heavy atom. The minimum atomic E-state index is -3.51. The monoisotopic (exact) mass is 279 g/mol. The third-order valence-corrected chi connectivity index (χ3v) is 2.29. The molecule has 1 aromatic heterocycles. The molecular formula is C13H11F2N3O2. The van der Waals surface area contributed by atoms with Gasteiger partial charge in [0.25, 0.3) is 5.91 Å². The van der Waals surface area contributed by atoms with E-state index < -0.39 is 18.6 Å². The smallest absolute Gasteiger partial charge is 0.415 e. The van der Waals surface area contributed by atoms with Gasteiger partial charge in [0.2, 0.25) is 0 Å². The highest BCUT2D eigenvalue weighted by Gasteiger charge is 2.32. The van der Waals surface area contributed by atoms with E-state index in [2.05, 4.69) is 20.0 Å². The molecule has 5 nitrogen and oxygen atoms in total. The van der Waals surface area contributed by atoms with Gasteiger partial charge in [-0.1, -0.05) is 18.2 Å². The van der Waals surface area contributed by atoms with E-state index in [0.29, 0.717) is 0 Å². The van der Waals surface area contributed by atoms with Crippen molar-refractivity contribution in [1.82, 2.24) is 15.3 Å². The van der Waals surface area contributed by atoms with Crippen molar-refractivity contribution in [3.63, 3.8) is 0 Å². The number of rotatable bonds is 5. The van der Waals surface area contributed by atoms with Crippen LogP contribution in [-0.4, -0.2) is 28.5 Å². The van der Waals surface area contributed by atoms with Crippen molar-refractivity contribution in [3.8, 4) is 5.75 Å². The van der Waals surface area contributed by atoms with Crippen LogP contribution in [0.1, 0.15) is 10.4 Å². The number of hydrogen-bond acceptors (Lipinski definition) is 4. The van der Waals surface area contributed by atoms with Crippen LogP contribution in [-0.2, 0) is 0 Å². The van der Waals surface area contributed by atoms with Gasteiger partial charge in [-0.15, -0.1) is 0 Å². The molecule has 104 valence electrons. The van der Waals surface area contributed by atoms with Crippen LogP contribution in [0.3, 0.4) is 0 Å². The SMILES string of the molecule is O=C(NCC(F)(F)Oc1ccccc1)c1cncnc1. The molecule has 0 saturated heterocycles. The number of carbonyl (C=O) groups is 1. The lowest BCUT2D eigenvalue weighted by atomic mass is 10.3. The molecule has 0 fully saturated rings. The molecule has 2 aromatic rings. The molecule has 0 unspecified atom stereocenters. The van der Waals surface area contributed by atoms with Gasteiger partial charge in [0.05, 0.1) is 5.56 Å². The van der Waals surface area contributed by atoms with Crippen LogP contribution in [0, 0.1) is 0 Å². The molecular weight excluding hydrogens is 268 g/mol. The van der Waals surface area contributed by atoms with Crippen molar-refractivity contribution < 1.29 is 18.3 Å². The number of nitrogens with zero attached hydrogens (tertiary/aromatic N) is 2. The van der Waals surface area contributed by atoms with E-state index in [4.69, 9.17) is 0 Å². The van der Waals surface area contributed by atoms with Gasteiger partial charge in [-0.2, -0.15) is 8.78 Å². The largest absolute Gasteiger partial charge is 0.431 e. The van der Waals surface area contributed by atoms with E-state index in [1.165, 1.54) is 30.9 Å². The summed E-state index contributed by atoms with van der Waals surface area (Å²) in [5.41, 5.74) is 0.100. The molecule has 1 amide bonds. The first kappa shape index (κ1) is 13.9. The number of halogens is 2. The Morgan fingerprint density at radius 1 is 1.20 bits per heavy atom. The van der Waals surface area contributed by atoms with Gasteiger partial charge in [0, 0.05) is 12.4 Å². The van der Waals surface area contributed by atoms with Crippen LogP contribution in [0.15, 0.2) is 49.1 Å². The van der Waals surface area contributed by atoms with Crippen molar-refractivity contribution in [3.05, 3.63) is 54.6 Å². The van der Waals surface area contributed by atoms with E-state index in [-0.39, 0.29) is 11.3 Å². The van der Waals surface area contributed by atoms with E-state index in [9.17, 15) is 13.6 Å². The van der Waals surface area contributed by atoms with Gasteiger partial charge in [-0.05, 0) is 12.1 Å². The fourth-order valence-electron chi connectivity index (χ4n) is 1.40. The van der Waals surface area contributed by atoms with Gasteiger partial charge in [-0.25, -0.2) is 9.97 Å². The number of aromatic nitrogens is 2. The molecule has 0 aliphatic carbocycles. The molecule has 0 aliphatic rings.